The van der Waals surface area contributed by atoms with E-state index in [1.165, 1.54) is 0 Å². The maximum absolute atomic E-state index is 6.00. The molecule has 0 bridgehead atoms. The Balaban J connectivity index is 1.69. The minimum Gasteiger partial charge on any atom is -0.398 e. The van der Waals surface area contributed by atoms with E-state index in [1.807, 2.05) is 22.9 Å². The van der Waals surface area contributed by atoms with Gasteiger partial charge < -0.3 is 19.8 Å². The highest BCUT2D eigenvalue weighted by Crippen LogP contribution is 2.25. The highest BCUT2D eigenvalue weighted by Gasteiger charge is 2.28. The minimum atomic E-state index is -0.237. The van der Waals surface area contributed by atoms with Crippen molar-refractivity contribution in [3.63, 3.8) is 0 Å². The second kappa shape index (κ2) is 5.78. The van der Waals surface area contributed by atoms with Gasteiger partial charge in [0.15, 0.2) is 6.29 Å². The van der Waals surface area contributed by atoms with Gasteiger partial charge in [0, 0.05) is 22.9 Å². The number of hydrogen-bond acceptors (Lipinski definition) is 4. The van der Waals surface area contributed by atoms with Gasteiger partial charge in [-0.05, 0) is 6.07 Å². The Hall–Kier alpha value is -1.79. The lowest BCUT2D eigenvalue weighted by Gasteiger charge is -2.34. The molecule has 2 radical (unpaired) electrons. The van der Waals surface area contributed by atoms with Gasteiger partial charge in [0.2, 0.25) is 0 Å². The molecule has 0 unspecified atom stereocenters. The molecule has 0 saturated carbocycles. The van der Waals surface area contributed by atoms with Crippen molar-refractivity contribution in [1.82, 2.24) is 9.55 Å². The molecule has 114 valence electrons. The second-order valence-corrected chi connectivity index (χ2v) is 6.52. The first-order valence-corrected chi connectivity index (χ1v) is 7.33. The van der Waals surface area contributed by atoms with E-state index in [4.69, 9.17) is 23.1 Å². The van der Waals surface area contributed by atoms with Gasteiger partial charge in [0.1, 0.15) is 7.85 Å². The van der Waals surface area contributed by atoms with E-state index in [1.54, 1.807) is 12.4 Å². The van der Waals surface area contributed by atoms with Crippen LogP contribution in [0.1, 0.15) is 13.8 Å². The Morgan fingerprint density at radius 3 is 2.77 bits per heavy atom. The first-order valence-electron chi connectivity index (χ1n) is 7.33. The summed E-state index contributed by atoms with van der Waals surface area (Å²) in [7, 11) is 5.72. The van der Waals surface area contributed by atoms with Crippen molar-refractivity contribution in [2.24, 2.45) is 5.41 Å². The van der Waals surface area contributed by atoms with Gasteiger partial charge in [0.25, 0.3) is 0 Å². The van der Waals surface area contributed by atoms with Gasteiger partial charge in [0.05, 0.1) is 31.8 Å². The van der Waals surface area contributed by atoms with Crippen molar-refractivity contribution >= 4 is 19.0 Å². The van der Waals surface area contributed by atoms with E-state index >= 15 is 0 Å². The van der Waals surface area contributed by atoms with Crippen LogP contribution in [0.5, 0.6) is 0 Å². The summed E-state index contributed by atoms with van der Waals surface area (Å²) < 4.78 is 13.4. The van der Waals surface area contributed by atoms with E-state index in [9.17, 15) is 0 Å². The van der Waals surface area contributed by atoms with Crippen LogP contribution in [0, 0.1) is 5.41 Å². The quantitative estimate of drug-likeness (QED) is 0.686. The molecule has 22 heavy (non-hydrogen) atoms. The van der Waals surface area contributed by atoms with Crippen LogP contribution in [0.3, 0.4) is 0 Å². The number of benzene rings is 1. The van der Waals surface area contributed by atoms with Crippen molar-refractivity contribution < 1.29 is 9.47 Å². The largest absolute Gasteiger partial charge is 0.398 e. The van der Waals surface area contributed by atoms with Crippen molar-refractivity contribution in [3.8, 4) is 11.3 Å². The predicted molar refractivity (Wildman–Crippen MR) is 86.9 cm³/mol. The molecule has 1 aromatic carbocycles. The molecule has 6 heteroatoms. The molecule has 2 heterocycles. The van der Waals surface area contributed by atoms with Crippen LogP contribution in [0.2, 0.25) is 0 Å². The third-order valence-corrected chi connectivity index (χ3v) is 3.66. The summed E-state index contributed by atoms with van der Waals surface area (Å²) in [6.07, 6.45) is 3.46. The van der Waals surface area contributed by atoms with Crippen LogP contribution in [-0.4, -0.2) is 36.9 Å². The minimum absolute atomic E-state index is 0.0784. The number of nitrogen functional groups attached to an aromatic ring is 1. The molecular formula is C16H20BN3O2. The van der Waals surface area contributed by atoms with Gasteiger partial charge in [-0.25, -0.2) is 4.98 Å². The summed E-state index contributed by atoms with van der Waals surface area (Å²) in [5.74, 6) is 0. The standard InChI is InChI=1S/C16H20BN3O2/c1-16(2)8-21-15(22-9-16)7-20-6-14(19-10-20)12-4-3-11(17)5-13(12)18/h3-6,10,15H,7-9,18H2,1-2H3. The molecule has 1 aliphatic rings. The molecule has 1 fully saturated rings. The summed E-state index contributed by atoms with van der Waals surface area (Å²) >= 11 is 0. The van der Waals surface area contributed by atoms with Crippen LogP contribution in [0.4, 0.5) is 5.69 Å². The maximum Gasteiger partial charge on any atom is 0.175 e. The van der Waals surface area contributed by atoms with Crippen molar-refractivity contribution in [3.05, 3.63) is 30.7 Å². The zero-order valence-electron chi connectivity index (χ0n) is 13.0. The van der Waals surface area contributed by atoms with Crippen molar-refractivity contribution in [2.45, 2.75) is 26.7 Å². The van der Waals surface area contributed by atoms with Crippen LogP contribution >= 0.6 is 0 Å². The number of rotatable bonds is 3. The van der Waals surface area contributed by atoms with E-state index in [0.717, 1.165) is 11.3 Å². The summed E-state index contributed by atoms with van der Waals surface area (Å²) in [6, 6.07) is 5.44. The number of ether oxygens (including phenoxy) is 2. The summed E-state index contributed by atoms with van der Waals surface area (Å²) in [5.41, 5.74) is 9.03. The lowest BCUT2D eigenvalue weighted by molar-refractivity contribution is -0.226. The summed E-state index contributed by atoms with van der Waals surface area (Å²) in [5, 5.41) is 0. The molecule has 1 saturated heterocycles. The molecular weight excluding hydrogens is 277 g/mol. The van der Waals surface area contributed by atoms with Crippen LogP contribution in [-0.2, 0) is 16.0 Å². The number of hydrogen-bond donors (Lipinski definition) is 1. The average molecular weight is 297 g/mol. The van der Waals surface area contributed by atoms with Crippen molar-refractivity contribution in [1.29, 1.82) is 0 Å². The van der Waals surface area contributed by atoms with Gasteiger partial charge in [-0.2, -0.15) is 0 Å². The van der Waals surface area contributed by atoms with Gasteiger partial charge in [-0.1, -0.05) is 31.4 Å². The topological polar surface area (TPSA) is 62.3 Å². The number of nitrogens with two attached hydrogens (primary N) is 1. The fraction of sp³-hybridized carbons (Fsp3) is 0.438. The molecule has 2 N–H and O–H groups in total. The molecule has 1 aromatic heterocycles. The fourth-order valence-electron chi connectivity index (χ4n) is 2.42. The van der Waals surface area contributed by atoms with E-state index in [0.29, 0.717) is 30.9 Å². The number of anilines is 1. The Morgan fingerprint density at radius 1 is 1.36 bits per heavy atom. The Labute approximate surface area is 131 Å². The predicted octanol–water partition coefficient (Wildman–Crippen LogP) is 1.33. The zero-order valence-corrected chi connectivity index (χ0v) is 13.0. The third-order valence-electron chi connectivity index (χ3n) is 3.66. The van der Waals surface area contributed by atoms with E-state index in [-0.39, 0.29) is 11.7 Å². The molecule has 0 spiro atoms. The molecule has 5 nitrogen and oxygen atoms in total. The third kappa shape index (κ3) is 3.34. The van der Waals surface area contributed by atoms with Gasteiger partial charge >= 0.3 is 0 Å². The molecule has 0 atom stereocenters. The SMILES string of the molecule is [B]c1ccc(-c2cn(CC3OCC(C)(C)CO3)cn2)c(N)c1. The lowest BCUT2D eigenvalue weighted by Crippen LogP contribution is -2.39. The molecule has 3 rings (SSSR count). The second-order valence-electron chi connectivity index (χ2n) is 6.52. The normalized spacial score (nSPS) is 18.5. The molecule has 0 aliphatic carbocycles. The Morgan fingerprint density at radius 2 is 2.09 bits per heavy atom. The molecule has 0 amide bonds. The van der Waals surface area contributed by atoms with E-state index in [2.05, 4.69) is 18.8 Å². The fourth-order valence-corrected chi connectivity index (χ4v) is 2.42. The van der Waals surface area contributed by atoms with E-state index < -0.39 is 0 Å². The lowest BCUT2D eigenvalue weighted by atomic mass is 9.93. The maximum atomic E-state index is 6.00. The number of imidazole rings is 1. The monoisotopic (exact) mass is 297 g/mol. The number of nitrogens with zero attached hydrogens (tertiary/aromatic N) is 2. The summed E-state index contributed by atoms with van der Waals surface area (Å²) in [4.78, 5) is 4.40. The highest BCUT2D eigenvalue weighted by molar-refractivity contribution is 6.32. The average Bonchev–Trinajstić information content (AvgIpc) is 2.89. The van der Waals surface area contributed by atoms with Crippen LogP contribution in [0.15, 0.2) is 30.7 Å². The summed E-state index contributed by atoms with van der Waals surface area (Å²) in [6.45, 7) is 6.26. The zero-order chi connectivity index (χ0) is 15.7. The smallest absolute Gasteiger partial charge is 0.175 e. The van der Waals surface area contributed by atoms with Crippen molar-refractivity contribution in [2.75, 3.05) is 18.9 Å². The van der Waals surface area contributed by atoms with Crippen LogP contribution in [0.25, 0.3) is 11.3 Å². The first-order chi connectivity index (χ1) is 10.4. The van der Waals surface area contributed by atoms with Gasteiger partial charge in [-0.15, -0.1) is 0 Å². The first kappa shape index (κ1) is 15.1. The number of aromatic nitrogens is 2. The van der Waals surface area contributed by atoms with Crippen LogP contribution < -0.4 is 11.2 Å². The molecule has 1 aliphatic heterocycles. The van der Waals surface area contributed by atoms with Gasteiger partial charge in [-0.3, -0.25) is 0 Å². The molecule has 2 aromatic rings. The Bertz CT molecular complexity index is 659. The highest BCUT2D eigenvalue weighted by atomic mass is 16.7. The Kier molecular flexibility index (Phi) is 3.97.